The molecule has 0 spiro atoms. The molecule has 1 aromatic carbocycles. The lowest BCUT2D eigenvalue weighted by molar-refractivity contribution is 0.0995. The molecular formula is C20H22N4O3. The Morgan fingerprint density at radius 2 is 2.00 bits per heavy atom. The Kier molecular flexibility index (Phi) is 5.40. The highest BCUT2D eigenvalue weighted by Gasteiger charge is 2.15. The maximum absolute atomic E-state index is 12.6. The Morgan fingerprint density at radius 3 is 2.67 bits per heavy atom. The monoisotopic (exact) mass is 366 g/mol. The summed E-state index contributed by atoms with van der Waals surface area (Å²) in [7, 11) is 0. The maximum atomic E-state index is 12.6. The summed E-state index contributed by atoms with van der Waals surface area (Å²) in [4.78, 5) is 24.7. The number of anilines is 2. The van der Waals surface area contributed by atoms with E-state index in [-0.39, 0.29) is 23.6 Å². The van der Waals surface area contributed by atoms with Crippen molar-refractivity contribution in [2.24, 2.45) is 0 Å². The maximum Gasteiger partial charge on any atom is 0.291 e. The van der Waals surface area contributed by atoms with Gasteiger partial charge in [0.2, 0.25) is 0 Å². The van der Waals surface area contributed by atoms with Gasteiger partial charge in [0.25, 0.3) is 11.8 Å². The van der Waals surface area contributed by atoms with Crippen LogP contribution in [0, 0.1) is 6.92 Å². The summed E-state index contributed by atoms with van der Waals surface area (Å²) in [6.45, 7) is 5.94. The smallest absolute Gasteiger partial charge is 0.291 e. The first-order valence-electron chi connectivity index (χ1n) is 8.80. The van der Waals surface area contributed by atoms with Crippen LogP contribution in [-0.4, -0.2) is 21.6 Å². The molecule has 0 fully saturated rings. The number of aromatic nitrogens is 2. The van der Waals surface area contributed by atoms with Gasteiger partial charge in [0.05, 0.1) is 18.5 Å². The van der Waals surface area contributed by atoms with Crippen molar-refractivity contribution in [2.45, 2.75) is 33.2 Å². The molecule has 27 heavy (non-hydrogen) atoms. The van der Waals surface area contributed by atoms with Gasteiger partial charge in [-0.2, -0.15) is 5.10 Å². The molecule has 7 heteroatoms. The summed E-state index contributed by atoms with van der Waals surface area (Å²) in [5.74, 6) is 0.321. The van der Waals surface area contributed by atoms with Crippen LogP contribution in [-0.2, 0) is 0 Å². The van der Waals surface area contributed by atoms with Crippen molar-refractivity contribution in [3.63, 3.8) is 0 Å². The van der Waals surface area contributed by atoms with Gasteiger partial charge in [-0.15, -0.1) is 0 Å². The predicted octanol–water partition coefficient (Wildman–Crippen LogP) is 4.26. The Balaban J connectivity index is 1.72. The van der Waals surface area contributed by atoms with E-state index in [4.69, 9.17) is 4.42 Å². The van der Waals surface area contributed by atoms with E-state index in [1.54, 1.807) is 47.3 Å². The average molecular weight is 366 g/mol. The van der Waals surface area contributed by atoms with E-state index in [9.17, 15) is 9.59 Å². The third kappa shape index (κ3) is 4.08. The van der Waals surface area contributed by atoms with E-state index in [2.05, 4.69) is 22.7 Å². The number of carbonyl (C=O) groups is 2. The Labute approximate surface area is 157 Å². The Bertz CT molecular complexity index is 944. The summed E-state index contributed by atoms with van der Waals surface area (Å²) >= 11 is 0. The average Bonchev–Trinajstić information content (AvgIpc) is 3.34. The van der Waals surface area contributed by atoms with Gasteiger partial charge in [0.15, 0.2) is 5.76 Å². The second kappa shape index (κ2) is 7.90. The van der Waals surface area contributed by atoms with Crippen molar-refractivity contribution < 1.29 is 14.0 Å². The van der Waals surface area contributed by atoms with Crippen LogP contribution < -0.4 is 10.6 Å². The number of rotatable bonds is 6. The minimum atomic E-state index is -0.335. The summed E-state index contributed by atoms with van der Waals surface area (Å²) in [5, 5.41) is 9.94. The second-order valence-electron chi connectivity index (χ2n) is 6.33. The highest BCUT2D eigenvalue weighted by Crippen LogP contribution is 2.20. The number of nitrogens with zero attached hydrogens (tertiary/aromatic N) is 2. The SMILES string of the molecule is CCC(C)n1nccc1NC(=O)c1ccc(NC(=O)c2ccco2)c(C)c1. The highest BCUT2D eigenvalue weighted by molar-refractivity contribution is 6.05. The Hall–Kier alpha value is -3.35. The molecular weight excluding hydrogens is 344 g/mol. The fourth-order valence-corrected chi connectivity index (χ4v) is 2.66. The standard InChI is InChI=1S/C20H22N4O3/c1-4-14(3)24-18(9-10-21-24)23-19(25)15-7-8-16(13(2)12-15)22-20(26)17-6-5-11-27-17/h5-12,14H,4H2,1-3H3,(H,22,26)(H,23,25). The summed E-state index contributed by atoms with van der Waals surface area (Å²) in [6.07, 6.45) is 4.02. The van der Waals surface area contributed by atoms with Gasteiger partial charge >= 0.3 is 0 Å². The highest BCUT2D eigenvalue weighted by atomic mass is 16.3. The number of aryl methyl sites for hydroxylation is 1. The molecule has 1 unspecified atom stereocenters. The molecule has 1 atom stereocenters. The topological polar surface area (TPSA) is 89.2 Å². The summed E-state index contributed by atoms with van der Waals surface area (Å²) in [5.41, 5.74) is 1.90. The molecule has 0 aliphatic heterocycles. The zero-order valence-electron chi connectivity index (χ0n) is 15.5. The lowest BCUT2D eigenvalue weighted by Gasteiger charge is -2.14. The molecule has 0 aliphatic rings. The number of hydrogen-bond donors (Lipinski definition) is 2. The van der Waals surface area contributed by atoms with Crippen molar-refractivity contribution in [1.82, 2.24) is 9.78 Å². The van der Waals surface area contributed by atoms with E-state index in [0.29, 0.717) is 17.1 Å². The molecule has 0 aliphatic carbocycles. The number of carbonyl (C=O) groups excluding carboxylic acids is 2. The van der Waals surface area contributed by atoms with E-state index < -0.39 is 0 Å². The van der Waals surface area contributed by atoms with E-state index in [1.807, 2.05) is 13.8 Å². The molecule has 2 amide bonds. The zero-order chi connectivity index (χ0) is 19.4. The number of nitrogens with one attached hydrogen (secondary N) is 2. The summed E-state index contributed by atoms with van der Waals surface area (Å²) in [6, 6.07) is 10.3. The Morgan fingerprint density at radius 1 is 1.19 bits per heavy atom. The molecule has 2 heterocycles. The fourth-order valence-electron chi connectivity index (χ4n) is 2.66. The molecule has 0 bridgehead atoms. The largest absolute Gasteiger partial charge is 0.459 e. The van der Waals surface area contributed by atoms with Crippen molar-refractivity contribution >= 4 is 23.3 Å². The van der Waals surface area contributed by atoms with Crippen LogP contribution in [0.15, 0.2) is 53.3 Å². The first-order valence-corrected chi connectivity index (χ1v) is 8.80. The minimum Gasteiger partial charge on any atom is -0.459 e. The quantitative estimate of drug-likeness (QED) is 0.682. The van der Waals surface area contributed by atoms with Crippen LogP contribution in [0.2, 0.25) is 0 Å². The van der Waals surface area contributed by atoms with Crippen LogP contribution in [0.25, 0.3) is 0 Å². The molecule has 7 nitrogen and oxygen atoms in total. The van der Waals surface area contributed by atoms with E-state index >= 15 is 0 Å². The number of hydrogen-bond acceptors (Lipinski definition) is 4. The van der Waals surface area contributed by atoms with Crippen LogP contribution in [0.3, 0.4) is 0 Å². The molecule has 0 saturated carbocycles. The van der Waals surface area contributed by atoms with E-state index in [1.165, 1.54) is 6.26 Å². The fraction of sp³-hybridized carbons (Fsp3) is 0.250. The lowest BCUT2D eigenvalue weighted by atomic mass is 10.1. The molecule has 140 valence electrons. The summed E-state index contributed by atoms with van der Waals surface area (Å²) < 4.78 is 6.88. The van der Waals surface area contributed by atoms with Gasteiger partial charge in [0, 0.05) is 17.3 Å². The first kappa shape index (κ1) is 18.4. The lowest BCUT2D eigenvalue weighted by Crippen LogP contribution is -2.18. The van der Waals surface area contributed by atoms with Crippen LogP contribution in [0.4, 0.5) is 11.5 Å². The van der Waals surface area contributed by atoms with Crippen molar-refractivity contribution in [2.75, 3.05) is 10.6 Å². The number of amides is 2. The van der Waals surface area contributed by atoms with Gasteiger partial charge in [-0.25, -0.2) is 4.68 Å². The second-order valence-corrected chi connectivity index (χ2v) is 6.33. The molecule has 2 aromatic heterocycles. The normalized spacial score (nSPS) is 11.8. The minimum absolute atomic E-state index is 0.191. The van der Waals surface area contributed by atoms with E-state index in [0.717, 1.165) is 12.0 Å². The molecule has 0 saturated heterocycles. The molecule has 3 aromatic rings. The molecule has 2 N–H and O–H groups in total. The number of furan rings is 1. The van der Waals surface area contributed by atoms with Crippen LogP contribution in [0.1, 0.15) is 52.8 Å². The van der Waals surface area contributed by atoms with Crippen LogP contribution >= 0.6 is 0 Å². The van der Waals surface area contributed by atoms with Crippen LogP contribution in [0.5, 0.6) is 0 Å². The van der Waals surface area contributed by atoms with Gasteiger partial charge in [0.1, 0.15) is 5.82 Å². The first-order chi connectivity index (χ1) is 13.0. The van der Waals surface area contributed by atoms with Crippen molar-refractivity contribution in [3.05, 3.63) is 65.7 Å². The van der Waals surface area contributed by atoms with Gasteiger partial charge in [-0.05, 0) is 56.2 Å². The van der Waals surface area contributed by atoms with Crippen molar-refractivity contribution in [3.8, 4) is 0 Å². The van der Waals surface area contributed by atoms with Gasteiger partial charge in [-0.3, -0.25) is 9.59 Å². The third-order valence-corrected chi connectivity index (χ3v) is 4.40. The molecule has 0 radical (unpaired) electrons. The molecule has 3 rings (SSSR count). The zero-order valence-corrected chi connectivity index (χ0v) is 15.5. The van der Waals surface area contributed by atoms with Gasteiger partial charge in [-0.1, -0.05) is 6.92 Å². The van der Waals surface area contributed by atoms with Crippen molar-refractivity contribution in [1.29, 1.82) is 0 Å². The van der Waals surface area contributed by atoms with Gasteiger partial charge < -0.3 is 15.1 Å². The third-order valence-electron chi connectivity index (χ3n) is 4.40. The predicted molar refractivity (Wildman–Crippen MR) is 103 cm³/mol. The number of benzene rings is 1.